The third-order valence-corrected chi connectivity index (χ3v) is 4.82. The minimum Gasteiger partial charge on any atom is -0.394 e. The lowest BCUT2D eigenvalue weighted by Gasteiger charge is -2.31. The van der Waals surface area contributed by atoms with Crippen LogP contribution in [0.1, 0.15) is 6.42 Å². The molecule has 0 aliphatic heterocycles. The number of hydrogen-bond donors (Lipinski definition) is 0. The van der Waals surface area contributed by atoms with Gasteiger partial charge in [-0.1, -0.05) is 12.6 Å². The average molecular weight is 265 g/mol. The van der Waals surface area contributed by atoms with E-state index in [2.05, 4.69) is 45.8 Å². The van der Waals surface area contributed by atoms with Gasteiger partial charge in [0.05, 0.1) is 0 Å². The SMILES string of the molecule is C[SiH2]CCC(O[Si](C)(C)C)O[Si](C)(C)C. The lowest BCUT2D eigenvalue weighted by molar-refractivity contribution is -0.00958. The van der Waals surface area contributed by atoms with E-state index >= 15 is 0 Å². The monoisotopic (exact) mass is 264 g/mol. The zero-order valence-corrected chi connectivity index (χ0v) is 14.9. The molecular formula is C10H28O2Si3. The maximum Gasteiger partial charge on any atom is 0.187 e. The summed E-state index contributed by atoms with van der Waals surface area (Å²) in [6.45, 7) is 15.7. The first kappa shape index (κ1) is 15.6. The Hall–Kier alpha value is 0.571. The quantitative estimate of drug-likeness (QED) is 0.520. The Balaban J connectivity index is 4.19. The fourth-order valence-electron chi connectivity index (χ4n) is 1.30. The van der Waals surface area contributed by atoms with E-state index in [4.69, 9.17) is 8.85 Å². The minimum atomic E-state index is -1.46. The summed E-state index contributed by atoms with van der Waals surface area (Å²) in [5.41, 5.74) is 0. The molecule has 0 aliphatic carbocycles. The molecule has 0 N–H and O–H groups in total. The van der Waals surface area contributed by atoms with Gasteiger partial charge in [-0.3, -0.25) is 0 Å². The van der Waals surface area contributed by atoms with Gasteiger partial charge in [-0.25, -0.2) is 0 Å². The van der Waals surface area contributed by atoms with Crippen molar-refractivity contribution in [2.45, 2.75) is 64.6 Å². The molecule has 0 saturated carbocycles. The van der Waals surface area contributed by atoms with Crippen LogP contribution in [-0.4, -0.2) is 32.4 Å². The Kier molecular flexibility index (Phi) is 6.58. The average Bonchev–Trinajstić information content (AvgIpc) is 1.94. The van der Waals surface area contributed by atoms with Gasteiger partial charge in [0, 0.05) is 9.52 Å². The smallest absolute Gasteiger partial charge is 0.187 e. The molecule has 0 aromatic heterocycles. The van der Waals surface area contributed by atoms with Crippen molar-refractivity contribution in [3.05, 3.63) is 0 Å². The molecule has 0 aliphatic rings. The van der Waals surface area contributed by atoms with E-state index < -0.39 is 16.6 Å². The molecule has 0 radical (unpaired) electrons. The first-order valence-electron chi connectivity index (χ1n) is 6.00. The normalized spacial score (nSPS) is 14.4. The van der Waals surface area contributed by atoms with Crippen LogP contribution in [0.5, 0.6) is 0 Å². The van der Waals surface area contributed by atoms with E-state index in [-0.39, 0.29) is 15.8 Å². The largest absolute Gasteiger partial charge is 0.394 e. The summed E-state index contributed by atoms with van der Waals surface area (Å²) in [5.74, 6) is 0. The molecule has 5 heteroatoms. The summed E-state index contributed by atoms with van der Waals surface area (Å²) < 4.78 is 12.2. The van der Waals surface area contributed by atoms with E-state index in [9.17, 15) is 0 Å². The number of rotatable bonds is 7. The maximum atomic E-state index is 6.09. The second-order valence-electron chi connectivity index (χ2n) is 6.03. The molecule has 2 nitrogen and oxygen atoms in total. The Bertz CT molecular complexity index is 156. The van der Waals surface area contributed by atoms with Crippen LogP contribution in [0.4, 0.5) is 0 Å². The highest BCUT2D eigenvalue weighted by Crippen LogP contribution is 2.17. The second kappa shape index (κ2) is 6.34. The van der Waals surface area contributed by atoms with Crippen LogP contribution in [0.2, 0.25) is 51.9 Å². The zero-order valence-electron chi connectivity index (χ0n) is 11.5. The standard InChI is InChI=1S/C10H28O2Si3/c1-13-9-8-10(11-14(2,3)4)12-15(5,6)7/h10H,8-9,13H2,1-7H3. The van der Waals surface area contributed by atoms with E-state index in [0.29, 0.717) is 0 Å². The summed E-state index contributed by atoms with van der Waals surface area (Å²) in [6.07, 6.45) is 1.19. The zero-order chi connectivity index (χ0) is 12.1. The highest BCUT2D eigenvalue weighted by Gasteiger charge is 2.26. The van der Waals surface area contributed by atoms with Gasteiger partial charge >= 0.3 is 0 Å². The molecule has 0 rings (SSSR count). The van der Waals surface area contributed by atoms with Crippen molar-refractivity contribution in [3.8, 4) is 0 Å². The van der Waals surface area contributed by atoms with Gasteiger partial charge in [0.15, 0.2) is 16.6 Å². The number of hydrogen-bond acceptors (Lipinski definition) is 2. The molecule has 0 aromatic carbocycles. The summed E-state index contributed by atoms with van der Waals surface area (Å²) in [5, 5.41) is 0. The van der Waals surface area contributed by atoms with E-state index in [1.807, 2.05) is 0 Å². The van der Waals surface area contributed by atoms with Crippen LogP contribution < -0.4 is 0 Å². The summed E-state index contributed by atoms with van der Waals surface area (Å²) in [6, 6.07) is 1.33. The minimum absolute atomic E-state index is 0.0794. The molecular weight excluding hydrogens is 236 g/mol. The van der Waals surface area contributed by atoms with Gasteiger partial charge in [0.25, 0.3) is 0 Å². The Labute approximate surface area is 99.8 Å². The van der Waals surface area contributed by atoms with E-state index in [1.54, 1.807) is 0 Å². The molecule has 0 unspecified atom stereocenters. The highest BCUT2D eigenvalue weighted by molar-refractivity contribution is 6.70. The van der Waals surface area contributed by atoms with Crippen LogP contribution in [0, 0.1) is 0 Å². The van der Waals surface area contributed by atoms with E-state index in [1.165, 1.54) is 6.04 Å². The van der Waals surface area contributed by atoms with Gasteiger partial charge in [0.1, 0.15) is 6.29 Å². The molecule has 0 atom stereocenters. The van der Waals surface area contributed by atoms with Crippen molar-refractivity contribution in [2.75, 3.05) is 0 Å². The topological polar surface area (TPSA) is 18.5 Å². The van der Waals surface area contributed by atoms with Crippen molar-refractivity contribution in [2.24, 2.45) is 0 Å². The van der Waals surface area contributed by atoms with Crippen molar-refractivity contribution < 1.29 is 8.85 Å². The van der Waals surface area contributed by atoms with Gasteiger partial charge in [0.2, 0.25) is 0 Å². The second-order valence-corrected chi connectivity index (χ2v) is 16.7. The van der Waals surface area contributed by atoms with Crippen molar-refractivity contribution in [3.63, 3.8) is 0 Å². The molecule has 0 saturated heterocycles. The van der Waals surface area contributed by atoms with Crippen molar-refractivity contribution in [1.29, 1.82) is 0 Å². The molecule has 0 heterocycles. The lowest BCUT2D eigenvalue weighted by Crippen LogP contribution is -2.40. The Morgan fingerprint density at radius 2 is 1.33 bits per heavy atom. The maximum absolute atomic E-state index is 6.09. The third kappa shape index (κ3) is 10.8. The van der Waals surface area contributed by atoms with Gasteiger partial charge in [-0.2, -0.15) is 0 Å². The van der Waals surface area contributed by atoms with Gasteiger partial charge < -0.3 is 8.85 Å². The first-order valence-corrected chi connectivity index (χ1v) is 15.2. The predicted molar refractivity (Wildman–Crippen MR) is 76.5 cm³/mol. The van der Waals surface area contributed by atoms with Crippen LogP contribution >= 0.6 is 0 Å². The fourth-order valence-corrected chi connectivity index (χ4v) is 4.05. The Morgan fingerprint density at radius 3 is 1.60 bits per heavy atom. The Morgan fingerprint density at radius 1 is 0.933 bits per heavy atom. The van der Waals surface area contributed by atoms with Crippen LogP contribution in [0.15, 0.2) is 0 Å². The van der Waals surface area contributed by atoms with Crippen molar-refractivity contribution >= 4 is 26.2 Å². The van der Waals surface area contributed by atoms with Crippen LogP contribution in [0.3, 0.4) is 0 Å². The summed E-state index contributed by atoms with van der Waals surface area (Å²) >= 11 is 0. The molecule has 92 valence electrons. The van der Waals surface area contributed by atoms with Gasteiger partial charge in [-0.05, 0) is 45.7 Å². The molecule has 15 heavy (non-hydrogen) atoms. The summed E-state index contributed by atoms with van der Waals surface area (Å²) in [4.78, 5) is 0. The molecule has 0 fully saturated rings. The van der Waals surface area contributed by atoms with Crippen LogP contribution in [0.25, 0.3) is 0 Å². The van der Waals surface area contributed by atoms with E-state index in [0.717, 1.165) is 6.42 Å². The lowest BCUT2D eigenvalue weighted by atomic mass is 10.5. The fraction of sp³-hybridized carbons (Fsp3) is 1.00. The van der Waals surface area contributed by atoms with Gasteiger partial charge in [-0.15, -0.1) is 0 Å². The third-order valence-electron chi connectivity index (χ3n) is 1.76. The first-order chi connectivity index (χ1) is 6.64. The van der Waals surface area contributed by atoms with Crippen molar-refractivity contribution in [1.82, 2.24) is 0 Å². The molecule has 0 bridgehead atoms. The highest BCUT2D eigenvalue weighted by atomic mass is 28.4. The molecule has 0 spiro atoms. The molecule has 0 aromatic rings. The van der Waals surface area contributed by atoms with Crippen LogP contribution in [-0.2, 0) is 8.85 Å². The predicted octanol–water partition coefficient (Wildman–Crippen LogP) is 3.04. The summed E-state index contributed by atoms with van der Waals surface area (Å²) in [7, 11) is -2.78. The molecule has 0 amide bonds.